The van der Waals surface area contributed by atoms with E-state index >= 15 is 0 Å². The first-order valence-corrected chi connectivity index (χ1v) is 9.41. The second-order valence-corrected chi connectivity index (χ2v) is 7.14. The van der Waals surface area contributed by atoms with Crippen LogP contribution in [0.15, 0.2) is 60.0 Å². The summed E-state index contributed by atoms with van der Waals surface area (Å²) in [7, 11) is 0. The van der Waals surface area contributed by atoms with Crippen LogP contribution in [0.25, 0.3) is 0 Å². The molecule has 2 amide bonds. The molecule has 0 saturated heterocycles. The second-order valence-electron chi connectivity index (χ2n) is 5.76. The van der Waals surface area contributed by atoms with Crippen molar-refractivity contribution in [2.75, 3.05) is 17.2 Å². The van der Waals surface area contributed by atoms with Crippen molar-refractivity contribution >= 4 is 46.1 Å². The van der Waals surface area contributed by atoms with Crippen molar-refractivity contribution < 1.29 is 14.3 Å². The smallest absolute Gasteiger partial charge is 0.265 e. The van der Waals surface area contributed by atoms with E-state index in [4.69, 9.17) is 16.3 Å². The molecule has 0 atom stereocenters. The molecule has 3 rings (SSSR count). The van der Waals surface area contributed by atoms with Crippen molar-refractivity contribution in [2.45, 2.75) is 6.92 Å². The van der Waals surface area contributed by atoms with Crippen LogP contribution >= 0.6 is 22.9 Å². The van der Waals surface area contributed by atoms with Gasteiger partial charge in [-0.25, -0.2) is 0 Å². The van der Waals surface area contributed by atoms with Crippen LogP contribution in [0.4, 0.5) is 11.4 Å². The van der Waals surface area contributed by atoms with Gasteiger partial charge in [-0.3, -0.25) is 9.59 Å². The topological polar surface area (TPSA) is 67.4 Å². The van der Waals surface area contributed by atoms with Crippen molar-refractivity contribution in [2.24, 2.45) is 0 Å². The first-order valence-electron chi connectivity index (χ1n) is 8.15. The molecular weight excluding hydrogens is 384 g/mol. The van der Waals surface area contributed by atoms with Gasteiger partial charge in [0.05, 0.1) is 4.88 Å². The summed E-state index contributed by atoms with van der Waals surface area (Å²) in [5.74, 6) is 0.175. The van der Waals surface area contributed by atoms with Gasteiger partial charge in [-0.15, -0.1) is 11.3 Å². The monoisotopic (exact) mass is 400 g/mol. The van der Waals surface area contributed by atoms with E-state index < -0.39 is 0 Å². The Hall–Kier alpha value is -2.83. The quantitative estimate of drug-likeness (QED) is 0.613. The average Bonchev–Trinajstić information content (AvgIpc) is 3.17. The van der Waals surface area contributed by atoms with Crippen LogP contribution < -0.4 is 15.4 Å². The Morgan fingerprint density at radius 3 is 2.37 bits per heavy atom. The summed E-state index contributed by atoms with van der Waals surface area (Å²) in [4.78, 5) is 24.7. The molecule has 1 heterocycles. The van der Waals surface area contributed by atoms with Gasteiger partial charge in [0.15, 0.2) is 6.61 Å². The van der Waals surface area contributed by atoms with Crippen molar-refractivity contribution in [3.63, 3.8) is 0 Å². The number of carbonyl (C=O) groups excluding carboxylic acids is 2. The Morgan fingerprint density at radius 2 is 1.74 bits per heavy atom. The molecule has 0 aliphatic carbocycles. The van der Waals surface area contributed by atoms with Gasteiger partial charge in [-0.05, 0) is 66.4 Å². The van der Waals surface area contributed by atoms with Gasteiger partial charge >= 0.3 is 0 Å². The largest absolute Gasteiger partial charge is 0.483 e. The van der Waals surface area contributed by atoms with Crippen LogP contribution in [0.1, 0.15) is 15.2 Å². The van der Waals surface area contributed by atoms with E-state index in [1.165, 1.54) is 11.3 Å². The molecule has 0 saturated carbocycles. The van der Waals surface area contributed by atoms with Gasteiger partial charge in [-0.1, -0.05) is 17.7 Å². The molecule has 2 N–H and O–H groups in total. The van der Waals surface area contributed by atoms with E-state index in [-0.39, 0.29) is 18.4 Å². The summed E-state index contributed by atoms with van der Waals surface area (Å²) in [6.45, 7) is 1.75. The van der Waals surface area contributed by atoms with Crippen LogP contribution in [0.2, 0.25) is 5.02 Å². The summed E-state index contributed by atoms with van der Waals surface area (Å²) in [6, 6.07) is 15.7. The van der Waals surface area contributed by atoms with Crippen LogP contribution in [-0.4, -0.2) is 18.4 Å². The van der Waals surface area contributed by atoms with Crippen molar-refractivity contribution in [1.29, 1.82) is 0 Å². The molecule has 0 bridgehead atoms. The van der Waals surface area contributed by atoms with E-state index in [0.717, 1.165) is 5.56 Å². The van der Waals surface area contributed by atoms with E-state index in [1.54, 1.807) is 48.5 Å². The first-order chi connectivity index (χ1) is 13.0. The number of aryl methyl sites for hydroxylation is 1. The fourth-order valence-electron chi connectivity index (χ4n) is 2.35. The molecule has 7 heteroatoms. The third-order valence-corrected chi connectivity index (χ3v) is 4.77. The molecule has 1 aromatic heterocycles. The highest BCUT2D eigenvalue weighted by Crippen LogP contribution is 2.22. The molecule has 2 aromatic carbocycles. The minimum atomic E-state index is -0.278. The predicted octanol–water partition coefficient (Wildman–Crippen LogP) is 4.98. The van der Waals surface area contributed by atoms with Crippen LogP contribution in [0.5, 0.6) is 5.75 Å². The summed E-state index contributed by atoms with van der Waals surface area (Å²) in [5.41, 5.74) is 2.13. The molecule has 0 unspecified atom stereocenters. The molecule has 3 aromatic rings. The maximum atomic E-state index is 12.1. The van der Waals surface area contributed by atoms with E-state index in [0.29, 0.717) is 27.0 Å². The highest BCUT2D eigenvalue weighted by molar-refractivity contribution is 7.12. The number of hydrogen-bond donors (Lipinski definition) is 2. The maximum absolute atomic E-state index is 12.1. The zero-order chi connectivity index (χ0) is 19.2. The SMILES string of the molecule is Cc1cc(Cl)ccc1OCC(=O)Nc1ccc(NC(=O)c2cccs2)cc1. The Labute approximate surface area is 165 Å². The first kappa shape index (κ1) is 18.9. The highest BCUT2D eigenvalue weighted by atomic mass is 35.5. The average molecular weight is 401 g/mol. The number of thiophene rings is 1. The molecular formula is C20H17ClN2O3S. The second kappa shape index (κ2) is 8.70. The highest BCUT2D eigenvalue weighted by Gasteiger charge is 2.08. The molecule has 0 aliphatic heterocycles. The molecule has 0 spiro atoms. The molecule has 138 valence electrons. The standard InChI is InChI=1S/C20H17ClN2O3S/c1-13-11-14(21)4-9-17(13)26-12-19(24)22-15-5-7-16(8-6-15)23-20(25)18-3-2-10-27-18/h2-11H,12H2,1H3,(H,22,24)(H,23,25). The number of carbonyl (C=O) groups is 2. The van der Waals surface area contributed by atoms with Gasteiger partial charge in [0.1, 0.15) is 5.75 Å². The molecule has 27 heavy (non-hydrogen) atoms. The normalized spacial score (nSPS) is 10.3. The lowest BCUT2D eigenvalue weighted by molar-refractivity contribution is -0.118. The zero-order valence-corrected chi connectivity index (χ0v) is 16.1. The third kappa shape index (κ3) is 5.32. The lowest BCUT2D eigenvalue weighted by atomic mass is 10.2. The Kier molecular flexibility index (Phi) is 6.11. The number of halogens is 1. The zero-order valence-electron chi connectivity index (χ0n) is 14.5. The Bertz CT molecular complexity index is 940. The summed E-state index contributed by atoms with van der Waals surface area (Å²) in [6.07, 6.45) is 0. The van der Waals surface area contributed by atoms with Gasteiger partial charge in [-0.2, -0.15) is 0 Å². The molecule has 5 nitrogen and oxygen atoms in total. The van der Waals surface area contributed by atoms with Crippen molar-refractivity contribution in [1.82, 2.24) is 0 Å². The lowest BCUT2D eigenvalue weighted by Crippen LogP contribution is -2.20. The molecule has 0 radical (unpaired) electrons. The van der Waals surface area contributed by atoms with Crippen LogP contribution in [-0.2, 0) is 4.79 Å². The Balaban J connectivity index is 1.51. The van der Waals surface area contributed by atoms with Crippen molar-refractivity contribution in [3.05, 3.63) is 75.4 Å². The fraction of sp³-hybridized carbons (Fsp3) is 0.100. The molecule has 0 aliphatic rings. The van der Waals surface area contributed by atoms with Crippen LogP contribution in [0.3, 0.4) is 0 Å². The number of benzene rings is 2. The summed E-state index contributed by atoms with van der Waals surface area (Å²) >= 11 is 7.28. The third-order valence-electron chi connectivity index (χ3n) is 3.67. The minimum absolute atomic E-state index is 0.112. The summed E-state index contributed by atoms with van der Waals surface area (Å²) in [5, 5.41) is 8.03. The fourth-order valence-corrected chi connectivity index (χ4v) is 3.20. The summed E-state index contributed by atoms with van der Waals surface area (Å²) < 4.78 is 5.52. The number of rotatable bonds is 6. The molecule has 0 fully saturated rings. The van der Waals surface area contributed by atoms with Gasteiger partial charge < -0.3 is 15.4 Å². The number of amides is 2. The van der Waals surface area contributed by atoms with Gasteiger partial charge in [0.25, 0.3) is 11.8 Å². The van der Waals surface area contributed by atoms with E-state index in [9.17, 15) is 9.59 Å². The van der Waals surface area contributed by atoms with Crippen molar-refractivity contribution in [3.8, 4) is 5.75 Å². The van der Waals surface area contributed by atoms with Gasteiger partial charge in [0.2, 0.25) is 0 Å². The number of nitrogens with one attached hydrogen (secondary N) is 2. The number of ether oxygens (including phenoxy) is 1. The number of hydrogen-bond acceptors (Lipinski definition) is 4. The van der Waals surface area contributed by atoms with E-state index in [1.807, 2.05) is 18.4 Å². The Morgan fingerprint density at radius 1 is 1.04 bits per heavy atom. The minimum Gasteiger partial charge on any atom is -0.483 e. The van der Waals surface area contributed by atoms with Crippen LogP contribution in [0, 0.1) is 6.92 Å². The van der Waals surface area contributed by atoms with Gasteiger partial charge in [0, 0.05) is 16.4 Å². The lowest BCUT2D eigenvalue weighted by Gasteiger charge is -2.10. The number of anilines is 2. The predicted molar refractivity (Wildman–Crippen MR) is 109 cm³/mol. The maximum Gasteiger partial charge on any atom is 0.265 e. The van der Waals surface area contributed by atoms with E-state index in [2.05, 4.69) is 10.6 Å².